The molecule has 0 unspecified atom stereocenters. The zero-order chi connectivity index (χ0) is 24.0. The van der Waals surface area contributed by atoms with Crippen LogP contribution in [0.3, 0.4) is 0 Å². The molecule has 0 aliphatic heterocycles. The molecule has 3 amide bonds. The molecule has 33 heavy (non-hydrogen) atoms. The van der Waals surface area contributed by atoms with Crippen molar-refractivity contribution in [1.82, 2.24) is 10.3 Å². The Labute approximate surface area is 188 Å². The van der Waals surface area contributed by atoms with Crippen molar-refractivity contribution in [2.24, 2.45) is 0 Å². The van der Waals surface area contributed by atoms with Crippen molar-refractivity contribution in [3.8, 4) is 11.3 Å². The van der Waals surface area contributed by atoms with Crippen molar-refractivity contribution in [2.45, 2.75) is 26.7 Å². The number of esters is 1. The zero-order valence-electron chi connectivity index (χ0n) is 17.9. The molecule has 0 saturated carbocycles. The predicted molar refractivity (Wildman–Crippen MR) is 114 cm³/mol. The molecule has 3 rings (SSSR count). The first-order chi connectivity index (χ1) is 15.7. The Bertz CT molecular complexity index is 1190. The number of carbonyl (C=O) groups excluding carboxylic acids is 3. The van der Waals surface area contributed by atoms with E-state index >= 15 is 0 Å². The van der Waals surface area contributed by atoms with Gasteiger partial charge in [0, 0.05) is 18.2 Å². The fraction of sp³-hybridized carbons (Fsp3) is 0.217. The number of rotatable bonds is 7. The number of aryl methyl sites for hydroxylation is 3. The Hall–Kier alpha value is -4.08. The molecular formula is C23H21F2N3O5. The minimum absolute atomic E-state index is 0.0357. The Morgan fingerprint density at radius 3 is 2.61 bits per heavy atom. The summed E-state index contributed by atoms with van der Waals surface area (Å²) in [6.07, 6.45) is 1.14. The van der Waals surface area contributed by atoms with Crippen LogP contribution in [0.15, 0.2) is 47.0 Å². The van der Waals surface area contributed by atoms with E-state index in [1.807, 2.05) is 26.0 Å². The highest BCUT2D eigenvalue weighted by atomic mass is 19.1. The van der Waals surface area contributed by atoms with Gasteiger partial charge in [-0.1, -0.05) is 17.7 Å². The third kappa shape index (κ3) is 6.70. The molecule has 8 nitrogen and oxygen atoms in total. The summed E-state index contributed by atoms with van der Waals surface area (Å²) in [5.74, 6) is -2.80. The number of carbonyl (C=O) groups is 3. The lowest BCUT2D eigenvalue weighted by Gasteiger charge is -2.10. The maximum absolute atomic E-state index is 13.8. The summed E-state index contributed by atoms with van der Waals surface area (Å²) in [6, 6.07) is 7.70. The smallest absolute Gasteiger partial charge is 0.325 e. The van der Waals surface area contributed by atoms with Gasteiger partial charge in [-0.05, 0) is 37.6 Å². The number of benzene rings is 2. The third-order valence-electron chi connectivity index (χ3n) is 4.54. The Morgan fingerprint density at radius 2 is 1.88 bits per heavy atom. The fourth-order valence-corrected chi connectivity index (χ4v) is 2.94. The van der Waals surface area contributed by atoms with Crippen LogP contribution >= 0.6 is 0 Å². The standard InChI is InChI=1S/C23H21F2N3O5/c1-13-3-6-18(14(2)9-13)27-23(31)28-20(29)12-32-22(30)8-7-21-26-11-19(33-21)16-5-4-15(24)10-17(16)25/h3-6,9-11H,7-8,12H2,1-2H3,(H2,27,28,29,31). The lowest BCUT2D eigenvalue weighted by Crippen LogP contribution is -2.37. The van der Waals surface area contributed by atoms with E-state index in [1.54, 1.807) is 6.07 Å². The topological polar surface area (TPSA) is 111 Å². The summed E-state index contributed by atoms with van der Waals surface area (Å²) in [6.45, 7) is 3.09. The summed E-state index contributed by atoms with van der Waals surface area (Å²) in [5.41, 5.74) is 2.45. The van der Waals surface area contributed by atoms with Crippen LogP contribution in [0.1, 0.15) is 23.4 Å². The molecule has 172 valence electrons. The molecule has 3 aromatic rings. The van der Waals surface area contributed by atoms with Gasteiger partial charge in [-0.15, -0.1) is 0 Å². The number of halogens is 2. The van der Waals surface area contributed by atoms with Crippen LogP contribution in [0.5, 0.6) is 0 Å². The predicted octanol–water partition coefficient (Wildman–Crippen LogP) is 4.06. The normalized spacial score (nSPS) is 10.5. The molecule has 1 aromatic heterocycles. The Morgan fingerprint density at radius 1 is 1.09 bits per heavy atom. The van der Waals surface area contributed by atoms with E-state index < -0.39 is 36.1 Å². The molecule has 0 aliphatic rings. The fourth-order valence-electron chi connectivity index (χ4n) is 2.94. The number of oxazole rings is 1. The average Bonchev–Trinajstić information content (AvgIpc) is 3.21. The van der Waals surface area contributed by atoms with Gasteiger partial charge in [0.05, 0.1) is 18.2 Å². The minimum atomic E-state index is -0.801. The van der Waals surface area contributed by atoms with Crippen LogP contribution in [0, 0.1) is 25.5 Å². The Kier molecular flexibility index (Phi) is 7.50. The molecule has 0 saturated heterocycles. The first-order valence-electron chi connectivity index (χ1n) is 9.95. The largest absolute Gasteiger partial charge is 0.456 e. The SMILES string of the molecule is Cc1ccc(NC(=O)NC(=O)COC(=O)CCc2ncc(-c3ccc(F)cc3F)o2)c(C)c1. The van der Waals surface area contributed by atoms with Gasteiger partial charge in [-0.2, -0.15) is 0 Å². The first-order valence-corrected chi connectivity index (χ1v) is 9.95. The van der Waals surface area contributed by atoms with Gasteiger partial charge in [0.2, 0.25) is 0 Å². The minimum Gasteiger partial charge on any atom is -0.456 e. The van der Waals surface area contributed by atoms with Crippen LogP contribution in [-0.4, -0.2) is 29.5 Å². The van der Waals surface area contributed by atoms with Crippen molar-refractivity contribution in [3.05, 3.63) is 71.2 Å². The van der Waals surface area contributed by atoms with Crippen molar-refractivity contribution >= 4 is 23.6 Å². The molecule has 0 atom stereocenters. The number of nitrogens with zero attached hydrogens (tertiary/aromatic N) is 1. The van der Waals surface area contributed by atoms with Crippen LogP contribution in [0.25, 0.3) is 11.3 Å². The average molecular weight is 457 g/mol. The summed E-state index contributed by atoms with van der Waals surface area (Å²) in [5, 5.41) is 4.62. The summed E-state index contributed by atoms with van der Waals surface area (Å²) in [4.78, 5) is 39.6. The van der Waals surface area contributed by atoms with Crippen LogP contribution in [-0.2, 0) is 20.7 Å². The number of urea groups is 1. The number of imide groups is 1. The zero-order valence-corrected chi connectivity index (χ0v) is 17.9. The quantitative estimate of drug-likeness (QED) is 0.518. The molecule has 0 spiro atoms. The first kappa shape index (κ1) is 23.6. The Balaban J connectivity index is 1.41. The van der Waals surface area contributed by atoms with Gasteiger partial charge >= 0.3 is 12.0 Å². The maximum Gasteiger partial charge on any atom is 0.325 e. The molecule has 10 heteroatoms. The van der Waals surface area contributed by atoms with Gasteiger partial charge in [0.1, 0.15) is 11.6 Å². The molecule has 2 N–H and O–H groups in total. The summed E-state index contributed by atoms with van der Waals surface area (Å²) in [7, 11) is 0. The van der Waals surface area contributed by atoms with E-state index in [1.165, 1.54) is 12.3 Å². The number of amides is 3. The van der Waals surface area contributed by atoms with E-state index in [0.29, 0.717) is 5.69 Å². The van der Waals surface area contributed by atoms with Gasteiger partial charge in [0.15, 0.2) is 18.3 Å². The lowest BCUT2D eigenvalue weighted by molar-refractivity contribution is -0.148. The van der Waals surface area contributed by atoms with Gasteiger partial charge < -0.3 is 14.5 Å². The van der Waals surface area contributed by atoms with E-state index in [4.69, 9.17) is 9.15 Å². The van der Waals surface area contributed by atoms with Crippen molar-refractivity contribution in [3.63, 3.8) is 0 Å². The van der Waals surface area contributed by atoms with Crippen LogP contribution in [0.4, 0.5) is 19.3 Å². The van der Waals surface area contributed by atoms with E-state index in [0.717, 1.165) is 23.3 Å². The van der Waals surface area contributed by atoms with Crippen molar-refractivity contribution in [2.75, 3.05) is 11.9 Å². The van der Waals surface area contributed by atoms with Crippen LogP contribution in [0.2, 0.25) is 0 Å². The third-order valence-corrected chi connectivity index (χ3v) is 4.54. The van der Waals surface area contributed by atoms with Gasteiger partial charge in [-0.25, -0.2) is 18.6 Å². The lowest BCUT2D eigenvalue weighted by atomic mass is 10.1. The number of hydrogen-bond acceptors (Lipinski definition) is 6. The molecule has 2 aromatic carbocycles. The number of anilines is 1. The second-order valence-electron chi connectivity index (χ2n) is 7.22. The summed E-state index contributed by atoms with van der Waals surface area (Å²) < 4.78 is 37.0. The summed E-state index contributed by atoms with van der Waals surface area (Å²) >= 11 is 0. The molecule has 0 fully saturated rings. The van der Waals surface area contributed by atoms with Gasteiger partial charge in [-0.3, -0.25) is 14.9 Å². The number of nitrogens with one attached hydrogen (secondary N) is 2. The van der Waals surface area contributed by atoms with Crippen LogP contribution < -0.4 is 10.6 Å². The van der Waals surface area contributed by atoms with Crippen molar-refractivity contribution in [1.29, 1.82) is 0 Å². The maximum atomic E-state index is 13.8. The second kappa shape index (κ2) is 10.5. The highest BCUT2D eigenvalue weighted by Gasteiger charge is 2.15. The van der Waals surface area contributed by atoms with E-state index in [9.17, 15) is 23.2 Å². The molecule has 0 radical (unpaired) electrons. The second-order valence-corrected chi connectivity index (χ2v) is 7.22. The molecule has 1 heterocycles. The van der Waals surface area contributed by atoms with E-state index in [2.05, 4.69) is 15.6 Å². The number of ether oxygens (including phenoxy) is 1. The number of aromatic nitrogens is 1. The molecule has 0 aliphatic carbocycles. The van der Waals surface area contributed by atoms with E-state index in [-0.39, 0.29) is 30.1 Å². The highest BCUT2D eigenvalue weighted by Crippen LogP contribution is 2.24. The number of hydrogen-bond donors (Lipinski definition) is 2. The van der Waals surface area contributed by atoms with Gasteiger partial charge in [0.25, 0.3) is 5.91 Å². The monoisotopic (exact) mass is 457 g/mol. The molecule has 0 bridgehead atoms. The highest BCUT2D eigenvalue weighted by molar-refractivity contribution is 6.02. The van der Waals surface area contributed by atoms with Crippen molar-refractivity contribution < 1.29 is 32.3 Å². The molecular weight excluding hydrogens is 436 g/mol.